The molecule has 27 heavy (non-hydrogen) atoms. The summed E-state index contributed by atoms with van der Waals surface area (Å²) in [6, 6.07) is 11.0. The first kappa shape index (κ1) is 20.5. The lowest BCUT2D eigenvalue weighted by Gasteiger charge is -2.10. The molecular weight excluding hydrogens is 362 g/mol. The van der Waals surface area contributed by atoms with Gasteiger partial charge in [0.25, 0.3) is 5.91 Å². The molecule has 1 aromatic heterocycles. The molecule has 0 aliphatic carbocycles. The fourth-order valence-electron chi connectivity index (χ4n) is 2.46. The van der Waals surface area contributed by atoms with Gasteiger partial charge in [-0.1, -0.05) is 19.1 Å². The highest BCUT2D eigenvalue weighted by atomic mass is 32.1. The molecule has 0 atom stereocenters. The van der Waals surface area contributed by atoms with Gasteiger partial charge in [0.15, 0.2) is 0 Å². The maximum atomic E-state index is 12.3. The summed E-state index contributed by atoms with van der Waals surface area (Å²) in [5.74, 6) is 0.153. The van der Waals surface area contributed by atoms with E-state index in [9.17, 15) is 9.59 Å². The zero-order valence-electron chi connectivity index (χ0n) is 15.5. The van der Waals surface area contributed by atoms with E-state index in [4.69, 9.17) is 10.00 Å². The summed E-state index contributed by atoms with van der Waals surface area (Å²) in [5.41, 5.74) is 0.971. The standard InChI is InChI=1S/C20H23N3O3S/c1-3-15-12-14(13-21)20(27-15)23-18(24)10-7-11-22-19(25)16-8-5-6-9-17(16)26-4-2/h5-6,8-9,12H,3-4,7,10-11H2,1-2H3,(H,22,25)(H,23,24). The Bertz CT molecular complexity index is 839. The number of carbonyl (C=O) groups is 2. The minimum Gasteiger partial charge on any atom is -0.493 e. The quantitative estimate of drug-likeness (QED) is 0.644. The van der Waals surface area contributed by atoms with E-state index >= 15 is 0 Å². The van der Waals surface area contributed by atoms with Gasteiger partial charge in [-0.25, -0.2) is 0 Å². The third kappa shape index (κ3) is 5.83. The number of para-hydroxylation sites is 1. The molecule has 7 heteroatoms. The molecular formula is C20H23N3O3S. The summed E-state index contributed by atoms with van der Waals surface area (Å²) in [4.78, 5) is 25.4. The van der Waals surface area contributed by atoms with Crippen LogP contribution in [0.25, 0.3) is 0 Å². The number of carbonyl (C=O) groups excluding carboxylic acids is 2. The first-order chi connectivity index (χ1) is 13.1. The van der Waals surface area contributed by atoms with Gasteiger partial charge in [-0.2, -0.15) is 5.26 Å². The van der Waals surface area contributed by atoms with E-state index < -0.39 is 0 Å². The minimum atomic E-state index is -0.225. The molecule has 0 saturated carbocycles. The van der Waals surface area contributed by atoms with E-state index in [1.165, 1.54) is 11.3 Å². The fourth-order valence-corrected chi connectivity index (χ4v) is 3.43. The Hall–Kier alpha value is -2.85. The van der Waals surface area contributed by atoms with Crippen LogP contribution in [-0.2, 0) is 11.2 Å². The third-order valence-electron chi connectivity index (χ3n) is 3.80. The summed E-state index contributed by atoms with van der Waals surface area (Å²) < 4.78 is 5.45. The van der Waals surface area contributed by atoms with Crippen LogP contribution in [-0.4, -0.2) is 25.0 Å². The molecule has 2 aromatic rings. The Labute approximate surface area is 163 Å². The maximum Gasteiger partial charge on any atom is 0.255 e. The number of nitrogens with zero attached hydrogens (tertiary/aromatic N) is 1. The monoisotopic (exact) mass is 385 g/mol. The number of rotatable bonds is 9. The average Bonchev–Trinajstić information content (AvgIpc) is 3.07. The predicted molar refractivity (Wildman–Crippen MR) is 106 cm³/mol. The number of thiophene rings is 1. The number of anilines is 1. The normalized spacial score (nSPS) is 10.1. The van der Waals surface area contributed by atoms with Crippen molar-refractivity contribution in [1.29, 1.82) is 5.26 Å². The predicted octanol–water partition coefficient (Wildman–Crippen LogP) is 3.73. The number of nitriles is 1. The van der Waals surface area contributed by atoms with E-state index in [0.717, 1.165) is 11.3 Å². The summed E-state index contributed by atoms with van der Waals surface area (Å²) in [7, 11) is 0. The summed E-state index contributed by atoms with van der Waals surface area (Å²) in [6.45, 7) is 4.73. The number of hydrogen-bond acceptors (Lipinski definition) is 5. The van der Waals surface area contributed by atoms with Gasteiger partial charge in [-0.15, -0.1) is 11.3 Å². The van der Waals surface area contributed by atoms with Crippen molar-refractivity contribution in [2.45, 2.75) is 33.1 Å². The summed E-state index contributed by atoms with van der Waals surface area (Å²) in [5, 5.41) is 15.3. The Morgan fingerprint density at radius 2 is 2.04 bits per heavy atom. The van der Waals surface area contributed by atoms with Gasteiger partial charge in [0.05, 0.1) is 17.7 Å². The van der Waals surface area contributed by atoms with Gasteiger partial charge in [-0.3, -0.25) is 9.59 Å². The van der Waals surface area contributed by atoms with Crippen molar-refractivity contribution in [3.8, 4) is 11.8 Å². The van der Waals surface area contributed by atoms with Crippen molar-refractivity contribution < 1.29 is 14.3 Å². The van der Waals surface area contributed by atoms with Crippen molar-refractivity contribution >= 4 is 28.2 Å². The first-order valence-corrected chi connectivity index (χ1v) is 9.73. The number of hydrogen-bond donors (Lipinski definition) is 2. The first-order valence-electron chi connectivity index (χ1n) is 8.91. The molecule has 0 aliphatic rings. The molecule has 1 heterocycles. The zero-order valence-corrected chi connectivity index (χ0v) is 16.3. The molecule has 0 saturated heterocycles. The lowest BCUT2D eigenvalue weighted by Crippen LogP contribution is -2.26. The Morgan fingerprint density at radius 1 is 1.26 bits per heavy atom. The molecule has 1 aromatic carbocycles. The zero-order chi connectivity index (χ0) is 19.6. The Morgan fingerprint density at radius 3 is 2.74 bits per heavy atom. The summed E-state index contributed by atoms with van der Waals surface area (Å²) >= 11 is 1.42. The van der Waals surface area contributed by atoms with Crippen LogP contribution in [0.5, 0.6) is 5.75 Å². The Kier molecular flexibility index (Phi) is 7.83. The lowest BCUT2D eigenvalue weighted by molar-refractivity contribution is -0.116. The molecule has 2 N–H and O–H groups in total. The van der Waals surface area contributed by atoms with Gasteiger partial charge in [0.2, 0.25) is 5.91 Å². The highest BCUT2D eigenvalue weighted by molar-refractivity contribution is 7.16. The lowest BCUT2D eigenvalue weighted by atomic mass is 10.2. The second kappa shape index (κ2) is 10.3. The van der Waals surface area contributed by atoms with E-state index in [-0.39, 0.29) is 18.2 Å². The largest absolute Gasteiger partial charge is 0.493 e. The number of nitrogens with one attached hydrogen (secondary N) is 2. The third-order valence-corrected chi connectivity index (χ3v) is 5.00. The van der Waals surface area contributed by atoms with E-state index in [0.29, 0.717) is 41.4 Å². The number of benzene rings is 1. The van der Waals surface area contributed by atoms with Crippen LogP contribution < -0.4 is 15.4 Å². The van der Waals surface area contributed by atoms with Crippen LogP contribution in [0.4, 0.5) is 5.00 Å². The van der Waals surface area contributed by atoms with Gasteiger partial charge in [-0.05, 0) is 38.0 Å². The molecule has 2 amide bonds. The van der Waals surface area contributed by atoms with Crippen molar-refractivity contribution in [1.82, 2.24) is 5.32 Å². The number of aryl methyl sites for hydroxylation is 1. The van der Waals surface area contributed by atoms with Crippen LogP contribution in [0.3, 0.4) is 0 Å². The second-order valence-corrected chi connectivity index (χ2v) is 6.89. The van der Waals surface area contributed by atoms with Crippen LogP contribution in [0.15, 0.2) is 30.3 Å². The van der Waals surface area contributed by atoms with Crippen LogP contribution >= 0.6 is 11.3 Å². The SMILES string of the molecule is CCOc1ccccc1C(=O)NCCCC(=O)Nc1sc(CC)cc1C#N. The molecule has 0 aliphatic heterocycles. The number of amides is 2. The van der Waals surface area contributed by atoms with Gasteiger partial charge in [0, 0.05) is 17.8 Å². The van der Waals surface area contributed by atoms with E-state index in [1.807, 2.05) is 19.9 Å². The molecule has 0 radical (unpaired) electrons. The van der Waals surface area contributed by atoms with Crippen molar-refractivity contribution in [2.24, 2.45) is 0 Å². The highest BCUT2D eigenvalue weighted by Gasteiger charge is 2.13. The molecule has 0 bridgehead atoms. The van der Waals surface area contributed by atoms with Crippen molar-refractivity contribution in [2.75, 3.05) is 18.5 Å². The van der Waals surface area contributed by atoms with Crippen molar-refractivity contribution in [3.63, 3.8) is 0 Å². The molecule has 0 fully saturated rings. The van der Waals surface area contributed by atoms with E-state index in [2.05, 4.69) is 16.7 Å². The molecule has 142 valence electrons. The smallest absolute Gasteiger partial charge is 0.255 e. The molecule has 0 unspecified atom stereocenters. The van der Waals surface area contributed by atoms with Crippen LogP contribution in [0, 0.1) is 11.3 Å². The van der Waals surface area contributed by atoms with Gasteiger partial charge < -0.3 is 15.4 Å². The Balaban J connectivity index is 1.80. The van der Waals surface area contributed by atoms with Crippen LogP contribution in [0.2, 0.25) is 0 Å². The van der Waals surface area contributed by atoms with E-state index in [1.54, 1.807) is 24.3 Å². The number of ether oxygens (including phenoxy) is 1. The fraction of sp³-hybridized carbons (Fsp3) is 0.350. The maximum absolute atomic E-state index is 12.3. The topological polar surface area (TPSA) is 91.2 Å². The van der Waals surface area contributed by atoms with Crippen LogP contribution in [0.1, 0.15) is 47.5 Å². The molecule has 2 rings (SSSR count). The second-order valence-electron chi connectivity index (χ2n) is 5.76. The highest BCUT2D eigenvalue weighted by Crippen LogP contribution is 2.28. The average molecular weight is 385 g/mol. The molecule has 6 nitrogen and oxygen atoms in total. The van der Waals surface area contributed by atoms with Gasteiger partial charge in [0.1, 0.15) is 16.8 Å². The van der Waals surface area contributed by atoms with Crippen molar-refractivity contribution in [3.05, 3.63) is 46.3 Å². The van der Waals surface area contributed by atoms with Gasteiger partial charge >= 0.3 is 0 Å². The summed E-state index contributed by atoms with van der Waals surface area (Å²) in [6.07, 6.45) is 1.59. The minimum absolute atomic E-state index is 0.167. The molecule has 0 spiro atoms.